The van der Waals surface area contributed by atoms with Gasteiger partial charge in [-0.05, 0) is 32.1 Å². The van der Waals surface area contributed by atoms with Crippen molar-refractivity contribution in [1.29, 1.82) is 0 Å². The Morgan fingerprint density at radius 3 is 2.75 bits per heavy atom. The number of hydrogen-bond acceptors (Lipinski definition) is 2. The van der Waals surface area contributed by atoms with Crippen LogP contribution in [-0.4, -0.2) is 43.7 Å². The highest BCUT2D eigenvalue weighted by Gasteiger charge is 2.16. The van der Waals surface area contributed by atoms with E-state index in [1.54, 1.807) is 0 Å². The molecule has 0 aromatic rings. The summed E-state index contributed by atoms with van der Waals surface area (Å²) in [5.41, 5.74) is 5.94. The number of nitrogens with zero attached hydrogens (tertiary/aromatic N) is 2. The van der Waals surface area contributed by atoms with Gasteiger partial charge in [-0.2, -0.15) is 0 Å². The van der Waals surface area contributed by atoms with E-state index < -0.39 is 0 Å². The van der Waals surface area contributed by atoms with Gasteiger partial charge in [0.05, 0.1) is 0 Å². The maximum absolute atomic E-state index is 5.94. The van der Waals surface area contributed by atoms with Crippen LogP contribution in [0.25, 0.3) is 0 Å². The van der Waals surface area contributed by atoms with E-state index >= 15 is 0 Å². The molecule has 1 saturated heterocycles. The Labute approximate surface area is 98.9 Å². The molecule has 2 N–H and O–H groups in total. The van der Waals surface area contributed by atoms with Gasteiger partial charge < -0.3 is 15.4 Å². The number of ether oxygens (including phenoxy) is 1. The normalized spacial score (nSPS) is 19.1. The molecule has 94 valence electrons. The van der Waals surface area contributed by atoms with Crippen LogP contribution in [-0.2, 0) is 4.74 Å². The second-order valence-corrected chi connectivity index (χ2v) is 4.46. The predicted octanol–water partition coefficient (Wildman–Crippen LogP) is 1.46. The van der Waals surface area contributed by atoms with Gasteiger partial charge in [-0.1, -0.05) is 6.92 Å². The van der Waals surface area contributed by atoms with E-state index in [0.29, 0.717) is 5.96 Å². The van der Waals surface area contributed by atoms with Crippen molar-refractivity contribution in [3.05, 3.63) is 0 Å². The summed E-state index contributed by atoms with van der Waals surface area (Å²) in [4.78, 5) is 6.58. The SMILES string of the molecule is CCOCCCN=C(N)N1CCC(C)CC1. The maximum Gasteiger partial charge on any atom is 0.191 e. The fraction of sp³-hybridized carbons (Fsp3) is 0.917. The molecular weight excluding hydrogens is 202 g/mol. The summed E-state index contributed by atoms with van der Waals surface area (Å²) in [6.07, 6.45) is 3.42. The number of guanidine groups is 1. The molecule has 1 fully saturated rings. The molecule has 0 amide bonds. The predicted molar refractivity (Wildman–Crippen MR) is 67.6 cm³/mol. The lowest BCUT2D eigenvalue weighted by molar-refractivity contribution is 0.146. The van der Waals surface area contributed by atoms with Crippen LogP contribution in [0.1, 0.15) is 33.1 Å². The van der Waals surface area contributed by atoms with Crippen LogP contribution in [0, 0.1) is 5.92 Å². The van der Waals surface area contributed by atoms with Crippen LogP contribution < -0.4 is 5.73 Å². The van der Waals surface area contributed by atoms with Gasteiger partial charge in [0, 0.05) is 32.8 Å². The van der Waals surface area contributed by atoms with Gasteiger partial charge in [0.2, 0.25) is 0 Å². The van der Waals surface area contributed by atoms with Crippen LogP contribution in [0.15, 0.2) is 4.99 Å². The van der Waals surface area contributed by atoms with E-state index in [0.717, 1.165) is 45.2 Å². The van der Waals surface area contributed by atoms with Gasteiger partial charge in [-0.3, -0.25) is 4.99 Å². The highest BCUT2D eigenvalue weighted by molar-refractivity contribution is 5.78. The van der Waals surface area contributed by atoms with E-state index in [9.17, 15) is 0 Å². The first-order valence-electron chi connectivity index (χ1n) is 6.36. The van der Waals surface area contributed by atoms with Gasteiger partial charge in [-0.25, -0.2) is 0 Å². The van der Waals surface area contributed by atoms with E-state index in [4.69, 9.17) is 10.5 Å². The second kappa shape index (κ2) is 7.49. The van der Waals surface area contributed by atoms with Crippen LogP contribution in [0.4, 0.5) is 0 Å². The Balaban J connectivity index is 2.17. The first-order chi connectivity index (χ1) is 7.74. The summed E-state index contributed by atoms with van der Waals surface area (Å²) in [5.74, 6) is 1.55. The van der Waals surface area contributed by atoms with Gasteiger partial charge in [0.15, 0.2) is 5.96 Å². The first kappa shape index (κ1) is 13.3. The second-order valence-electron chi connectivity index (χ2n) is 4.46. The van der Waals surface area contributed by atoms with E-state index in [-0.39, 0.29) is 0 Å². The third-order valence-electron chi connectivity index (χ3n) is 3.03. The average molecular weight is 227 g/mol. The molecule has 0 saturated carbocycles. The zero-order valence-electron chi connectivity index (χ0n) is 10.6. The monoisotopic (exact) mass is 227 g/mol. The third-order valence-corrected chi connectivity index (χ3v) is 3.03. The molecule has 0 aromatic heterocycles. The molecule has 0 unspecified atom stereocenters. The molecule has 4 nitrogen and oxygen atoms in total. The van der Waals surface area contributed by atoms with Crippen molar-refractivity contribution in [3.8, 4) is 0 Å². The molecule has 1 aliphatic heterocycles. The van der Waals surface area contributed by atoms with Crippen molar-refractivity contribution in [1.82, 2.24) is 4.90 Å². The fourth-order valence-corrected chi connectivity index (χ4v) is 1.84. The highest BCUT2D eigenvalue weighted by atomic mass is 16.5. The quantitative estimate of drug-likeness (QED) is 0.439. The molecule has 0 spiro atoms. The van der Waals surface area contributed by atoms with Crippen molar-refractivity contribution < 1.29 is 4.74 Å². The number of hydrogen-bond donors (Lipinski definition) is 1. The molecule has 1 heterocycles. The molecule has 1 aliphatic rings. The zero-order chi connectivity index (χ0) is 11.8. The minimum Gasteiger partial charge on any atom is -0.382 e. The summed E-state index contributed by atoms with van der Waals surface area (Å²) in [7, 11) is 0. The maximum atomic E-state index is 5.94. The first-order valence-corrected chi connectivity index (χ1v) is 6.36. The molecule has 0 radical (unpaired) electrons. The Hall–Kier alpha value is -0.770. The minimum absolute atomic E-state index is 0.711. The molecular formula is C12H25N3O. The van der Waals surface area contributed by atoms with Crippen molar-refractivity contribution in [2.75, 3.05) is 32.8 Å². The number of nitrogens with two attached hydrogens (primary N) is 1. The van der Waals surface area contributed by atoms with E-state index in [1.165, 1.54) is 12.8 Å². The molecule has 0 atom stereocenters. The highest BCUT2D eigenvalue weighted by Crippen LogP contribution is 2.15. The van der Waals surface area contributed by atoms with Crippen molar-refractivity contribution >= 4 is 5.96 Å². The van der Waals surface area contributed by atoms with E-state index in [2.05, 4.69) is 16.8 Å². The summed E-state index contributed by atoms with van der Waals surface area (Å²) < 4.78 is 5.25. The average Bonchev–Trinajstić information content (AvgIpc) is 2.29. The molecule has 0 aromatic carbocycles. The fourth-order valence-electron chi connectivity index (χ4n) is 1.84. The Morgan fingerprint density at radius 1 is 1.44 bits per heavy atom. The van der Waals surface area contributed by atoms with Crippen LogP contribution >= 0.6 is 0 Å². The largest absolute Gasteiger partial charge is 0.382 e. The number of aliphatic imine (C=N–C) groups is 1. The Kier molecular flexibility index (Phi) is 6.23. The standard InChI is InChI=1S/C12H25N3O/c1-3-16-10-4-7-14-12(13)15-8-5-11(2)6-9-15/h11H,3-10H2,1-2H3,(H2,13,14). The Morgan fingerprint density at radius 2 is 2.12 bits per heavy atom. The molecule has 16 heavy (non-hydrogen) atoms. The molecule has 0 bridgehead atoms. The number of rotatable bonds is 5. The summed E-state index contributed by atoms with van der Waals surface area (Å²) in [6, 6.07) is 0. The van der Waals surface area contributed by atoms with Gasteiger partial charge in [-0.15, -0.1) is 0 Å². The summed E-state index contributed by atoms with van der Waals surface area (Å²) in [5, 5.41) is 0. The zero-order valence-corrected chi connectivity index (χ0v) is 10.6. The minimum atomic E-state index is 0.711. The topological polar surface area (TPSA) is 50.9 Å². The summed E-state index contributed by atoms with van der Waals surface area (Å²) in [6.45, 7) is 8.76. The van der Waals surface area contributed by atoms with Gasteiger partial charge >= 0.3 is 0 Å². The van der Waals surface area contributed by atoms with Gasteiger partial charge in [0.25, 0.3) is 0 Å². The summed E-state index contributed by atoms with van der Waals surface area (Å²) >= 11 is 0. The molecule has 4 heteroatoms. The number of likely N-dealkylation sites (tertiary alicyclic amines) is 1. The molecule has 0 aliphatic carbocycles. The third kappa shape index (κ3) is 4.84. The lowest BCUT2D eigenvalue weighted by Gasteiger charge is -2.31. The Bertz CT molecular complexity index is 210. The number of piperidine rings is 1. The van der Waals surface area contributed by atoms with Crippen molar-refractivity contribution in [2.45, 2.75) is 33.1 Å². The lowest BCUT2D eigenvalue weighted by atomic mass is 10.00. The van der Waals surface area contributed by atoms with Gasteiger partial charge in [0.1, 0.15) is 0 Å². The van der Waals surface area contributed by atoms with Crippen molar-refractivity contribution in [2.24, 2.45) is 16.6 Å². The lowest BCUT2D eigenvalue weighted by Crippen LogP contribution is -2.42. The van der Waals surface area contributed by atoms with E-state index in [1.807, 2.05) is 6.92 Å². The van der Waals surface area contributed by atoms with Crippen molar-refractivity contribution in [3.63, 3.8) is 0 Å². The molecule has 1 rings (SSSR count). The van der Waals surface area contributed by atoms with Crippen LogP contribution in [0.3, 0.4) is 0 Å². The van der Waals surface area contributed by atoms with Crippen LogP contribution in [0.5, 0.6) is 0 Å². The smallest absolute Gasteiger partial charge is 0.191 e. The van der Waals surface area contributed by atoms with Crippen LogP contribution in [0.2, 0.25) is 0 Å².